The number of nitrogens with zero attached hydrogens (tertiary/aromatic N) is 2. The summed E-state index contributed by atoms with van der Waals surface area (Å²) in [7, 11) is 0. The van der Waals surface area contributed by atoms with Gasteiger partial charge in [0.05, 0.1) is 11.2 Å². The minimum Gasteiger partial charge on any atom is -0.480 e. The minimum absolute atomic E-state index is 0.0898. The van der Waals surface area contributed by atoms with E-state index >= 15 is 0 Å². The van der Waals surface area contributed by atoms with Crippen LogP contribution in [0.25, 0.3) is 0 Å². The summed E-state index contributed by atoms with van der Waals surface area (Å²) < 4.78 is 0. The van der Waals surface area contributed by atoms with Gasteiger partial charge in [-0.3, -0.25) is 4.79 Å². The summed E-state index contributed by atoms with van der Waals surface area (Å²) in [6.45, 7) is 4.08. The van der Waals surface area contributed by atoms with E-state index in [0.717, 1.165) is 30.7 Å². The van der Waals surface area contributed by atoms with E-state index in [0.29, 0.717) is 17.2 Å². The fraction of sp³-hybridized carbons (Fsp3) is 0.688. The van der Waals surface area contributed by atoms with Gasteiger partial charge >= 0.3 is 5.97 Å². The highest BCUT2D eigenvalue weighted by Gasteiger charge is 2.48. The highest BCUT2D eigenvalue weighted by molar-refractivity contribution is 7.13. The molecule has 120 valence electrons. The SMILES string of the molecule is CC(C)c1ncc(C(=O)N2C(C(=O)O)CC3CCCCC32)s1. The van der Waals surface area contributed by atoms with Gasteiger partial charge in [-0.2, -0.15) is 0 Å². The number of carbonyl (C=O) groups excluding carboxylic acids is 1. The molecule has 1 aromatic rings. The first-order valence-corrected chi connectivity index (χ1v) is 8.82. The van der Waals surface area contributed by atoms with E-state index < -0.39 is 12.0 Å². The van der Waals surface area contributed by atoms with Crippen LogP contribution in [0.1, 0.15) is 66.5 Å². The summed E-state index contributed by atoms with van der Waals surface area (Å²) >= 11 is 1.39. The molecular formula is C16H22N2O3S. The number of likely N-dealkylation sites (tertiary alicyclic amines) is 1. The van der Waals surface area contributed by atoms with Crippen molar-refractivity contribution in [3.05, 3.63) is 16.1 Å². The molecule has 0 aromatic carbocycles. The number of hydrogen-bond donors (Lipinski definition) is 1. The molecule has 0 spiro atoms. The fourth-order valence-electron chi connectivity index (χ4n) is 3.75. The second-order valence-corrected chi connectivity index (χ2v) is 7.69. The summed E-state index contributed by atoms with van der Waals surface area (Å²) in [5.74, 6) is -0.401. The Labute approximate surface area is 134 Å². The van der Waals surface area contributed by atoms with Gasteiger partial charge in [0.2, 0.25) is 0 Å². The highest BCUT2D eigenvalue weighted by atomic mass is 32.1. The second-order valence-electron chi connectivity index (χ2n) is 6.63. The Morgan fingerprint density at radius 2 is 2.09 bits per heavy atom. The van der Waals surface area contributed by atoms with Crippen molar-refractivity contribution in [3.8, 4) is 0 Å². The van der Waals surface area contributed by atoms with Crippen molar-refractivity contribution in [1.82, 2.24) is 9.88 Å². The lowest BCUT2D eigenvalue weighted by molar-refractivity contribution is -0.141. The van der Waals surface area contributed by atoms with Crippen LogP contribution in [0.4, 0.5) is 0 Å². The van der Waals surface area contributed by atoms with Crippen LogP contribution in [0.3, 0.4) is 0 Å². The lowest BCUT2D eigenvalue weighted by Crippen LogP contribution is -2.46. The fourth-order valence-corrected chi connectivity index (χ4v) is 4.62. The van der Waals surface area contributed by atoms with Crippen LogP contribution < -0.4 is 0 Å². The maximum atomic E-state index is 12.9. The van der Waals surface area contributed by atoms with Crippen molar-refractivity contribution in [3.63, 3.8) is 0 Å². The molecule has 3 atom stereocenters. The third-order valence-electron chi connectivity index (χ3n) is 4.84. The Morgan fingerprint density at radius 1 is 1.36 bits per heavy atom. The van der Waals surface area contributed by atoms with Crippen LogP contribution in [0.5, 0.6) is 0 Å². The predicted octanol–water partition coefficient (Wildman–Crippen LogP) is 3.12. The summed E-state index contributed by atoms with van der Waals surface area (Å²) in [6.07, 6.45) is 6.40. The number of carboxylic acids is 1. The molecule has 2 heterocycles. The number of carbonyl (C=O) groups is 2. The molecule has 1 N–H and O–H groups in total. The Kier molecular flexibility index (Phi) is 4.21. The molecule has 2 fully saturated rings. The van der Waals surface area contributed by atoms with Crippen LogP contribution in [0, 0.1) is 5.92 Å². The number of amides is 1. The Morgan fingerprint density at radius 3 is 2.73 bits per heavy atom. The zero-order chi connectivity index (χ0) is 15.9. The molecule has 1 saturated heterocycles. The molecule has 2 aliphatic rings. The lowest BCUT2D eigenvalue weighted by Gasteiger charge is -2.32. The maximum Gasteiger partial charge on any atom is 0.326 e. The van der Waals surface area contributed by atoms with E-state index in [1.165, 1.54) is 11.3 Å². The molecule has 3 unspecified atom stereocenters. The standard InChI is InChI=1S/C16H22N2O3S/c1-9(2)14-17-8-13(22-14)15(19)18-11-6-4-3-5-10(11)7-12(18)16(20)21/h8-12H,3-7H2,1-2H3,(H,20,21). The Hall–Kier alpha value is -1.43. The second kappa shape index (κ2) is 5.99. The van der Waals surface area contributed by atoms with Gasteiger partial charge in [0, 0.05) is 12.0 Å². The van der Waals surface area contributed by atoms with Gasteiger partial charge < -0.3 is 10.0 Å². The third-order valence-corrected chi connectivity index (χ3v) is 6.12. The molecule has 1 aliphatic carbocycles. The van der Waals surface area contributed by atoms with E-state index in [2.05, 4.69) is 4.98 Å². The molecule has 3 rings (SSSR count). The highest BCUT2D eigenvalue weighted by Crippen LogP contribution is 2.41. The molecule has 1 amide bonds. The van der Waals surface area contributed by atoms with Crippen molar-refractivity contribution in [2.24, 2.45) is 5.92 Å². The first-order chi connectivity index (χ1) is 10.5. The first kappa shape index (κ1) is 15.5. The number of rotatable bonds is 3. The van der Waals surface area contributed by atoms with E-state index in [9.17, 15) is 14.7 Å². The molecular weight excluding hydrogens is 300 g/mol. The number of aliphatic carboxylic acids is 1. The number of hydrogen-bond acceptors (Lipinski definition) is 4. The van der Waals surface area contributed by atoms with Gasteiger partial charge in [-0.05, 0) is 25.2 Å². The Bertz CT molecular complexity index is 584. The Balaban J connectivity index is 1.88. The summed E-state index contributed by atoms with van der Waals surface area (Å²) in [5.41, 5.74) is 0. The third kappa shape index (κ3) is 2.64. The molecule has 0 bridgehead atoms. The van der Waals surface area contributed by atoms with E-state index in [1.54, 1.807) is 11.1 Å². The molecule has 1 aromatic heterocycles. The predicted molar refractivity (Wildman–Crippen MR) is 84.2 cm³/mol. The van der Waals surface area contributed by atoms with Crippen molar-refractivity contribution >= 4 is 23.2 Å². The zero-order valence-corrected chi connectivity index (χ0v) is 13.8. The molecule has 5 nitrogen and oxygen atoms in total. The average molecular weight is 322 g/mol. The molecule has 22 heavy (non-hydrogen) atoms. The normalized spacial score (nSPS) is 28.0. The maximum absolute atomic E-state index is 12.9. The van der Waals surface area contributed by atoms with Crippen LogP contribution in [-0.2, 0) is 4.79 Å². The number of carboxylic acid groups (broad SMARTS) is 1. The van der Waals surface area contributed by atoms with Gasteiger partial charge in [-0.1, -0.05) is 26.7 Å². The largest absolute Gasteiger partial charge is 0.480 e. The van der Waals surface area contributed by atoms with Crippen LogP contribution in [0.15, 0.2) is 6.20 Å². The average Bonchev–Trinajstić information content (AvgIpc) is 3.11. The number of aromatic nitrogens is 1. The van der Waals surface area contributed by atoms with Crippen LogP contribution >= 0.6 is 11.3 Å². The van der Waals surface area contributed by atoms with Crippen LogP contribution in [-0.4, -0.2) is 39.0 Å². The zero-order valence-electron chi connectivity index (χ0n) is 13.0. The van der Waals surface area contributed by atoms with Crippen molar-refractivity contribution in [2.45, 2.75) is 64.0 Å². The topological polar surface area (TPSA) is 70.5 Å². The van der Waals surface area contributed by atoms with Gasteiger partial charge in [0.15, 0.2) is 0 Å². The molecule has 0 radical (unpaired) electrons. The monoisotopic (exact) mass is 322 g/mol. The number of thiazole rings is 1. The van der Waals surface area contributed by atoms with Gasteiger partial charge in [-0.15, -0.1) is 11.3 Å². The quantitative estimate of drug-likeness (QED) is 0.928. The molecule has 6 heteroatoms. The van der Waals surface area contributed by atoms with E-state index in [-0.39, 0.29) is 17.9 Å². The minimum atomic E-state index is -0.878. The van der Waals surface area contributed by atoms with E-state index in [1.807, 2.05) is 13.8 Å². The lowest BCUT2D eigenvalue weighted by atomic mass is 9.85. The van der Waals surface area contributed by atoms with Crippen molar-refractivity contribution in [2.75, 3.05) is 0 Å². The van der Waals surface area contributed by atoms with Crippen molar-refractivity contribution in [1.29, 1.82) is 0 Å². The molecule has 1 aliphatic heterocycles. The smallest absolute Gasteiger partial charge is 0.326 e. The summed E-state index contributed by atoms with van der Waals surface area (Å²) in [5, 5.41) is 10.4. The van der Waals surface area contributed by atoms with E-state index in [4.69, 9.17) is 0 Å². The van der Waals surface area contributed by atoms with Gasteiger partial charge in [0.25, 0.3) is 5.91 Å². The summed E-state index contributed by atoms with van der Waals surface area (Å²) in [4.78, 5) is 31.0. The number of fused-ring (bicyclic) bond motifs is 1. The summed E-state index contributed by atoms with van der Waals surface area (Å²) in [6, 6.07) is -0.586. The molecule has 1 saturated carbocycles. The van der Waals surface area contributed by atoms with Crippen LogP contribution in [0.2, 0.25) is 0 Å². The first-order valence-electron chi connectivity index (χ1n) is 8.00. The van der Waals surface area contributed by atoms with Gasteiger partial charge in [0.1, 0.15) is 10.9 Å². The van der Waals surface area contributed by atoms with Crippen molar-refractivity contribution < 1.29 is 14.7 Å². The van der Waals surface area contributed by atoms with Gasteiger partial charge in [-0.25, -0.2) is 9.78 Å².